The smallest absolute Gasteiger partial charge is 0.435 e. The molecule has 0 atom stereocenters. The van der Waals surface area contributed by atoms with Crippen molar-refractivity contribution in [1.29, 1.82) is 0 Å². The van der Waals surface area contributed by atoms with Crippen LogP contribution in [0.1, 0.15) is 11.4 Å². The van der Waals surface area contributed by atoms with E-state index in [0.29, 0.717) is 22.9 Å². The zero-order valence-corrected chi connectivity index (χ0v) is 17.7. The predicted octanol–water partition coefficient (Wildman–Crippen LogP) is 6.52. The van der Waals surface area contributed by atoms with E-state index in [0.717, 1.165) is 21.9 Å². The predicted molar refractivity (Wildman–Crippen MR) is 116 cm³/mol. The highest BCUT2D eigenvalue weighted by Crippen LogP contribution is 2.36. The van der Waals surface area contributed by atoms with Crippen LogP contribution in [0.5, 0.6) is 17.2 Å². The molecule has 0 radical (unpaired) electrons. The van der Waals surface area contributed by atoms with Gasteiger partial charge in [-0.3, -0.25) is 0 Å². The number of aromatic nitrogens is 2. The first-order valence-corrected chi connectivity index (χ1v) is 10.3. The zero-order valence-electron chi connectivity index (χ0n) is 17.0. The van der Waals surface area contributed by atoms with Gasteiger partial charge in [0.25, 0.3) is 0 Å². The second-order valence-electron chi connectivity index (χ2n) is 7.26. The van der Waals surface area contributed by atoms with E-state index in [2.05, 4.69) is 5.10 Å². The molecule has 0 amide bonds. The van der Waals surface area contributed by atoms with Crippen molar-refractivity contribution in [3.63, 3.8) is 0 Å². The Balaban J connectivity index is 1.37. The van der Waals surface area contributed by atoms with Crippen molar-refractivity contribution in [2.45, 2.75) is 12.8 Å². The van der Waals surface area contributed by atoms with Gasteiger partial charge < -0.3 is 14.2 Å². The maximum Gasteiger partial charge on any atom is 0.435 e. The van der Waals surface area contributed by atoms with Crippen molar-refractivity contribution >= 4 is 11.6 Å². The van der Waals surface area contributed by atoms with E-state index in [1.165, 1.54) is 0 Å². The number of halogens is 4. The van der Waals surface area contributed by atoms with Gasteiger partial charge >= 0.3 is 6.18 Å². The van der Waals surface area contributed by atoms with Gasteiger partial charge in [-0.05, 0) is 53.6 Å². The molecule has 5 nitrogen and oxygen atoms in total. The number of alkyl halides is 3. The minimum Gasteiger partial charge on any atom is -0.487 e. The maximum atomic E-state index is 13.3. The molecule has 4 aromatic rings. The highest BCUT2D eigenvalue weighted by atomic mass is 35.5. The molecule has 0 saturated heterocycles. The van der Waals surface area contributed by atoms with Crippen LogP contribution in [-0.2, 0) is 12.8 Å². The molecule has 0 saturated carbocycles. The fourth-order valence-corrected chi connectivity index (χ4v) is 3.69. The van der Waals surface area contributed by atoms with Crippen molar-refractivity contribution in [2.24, 2.45) is 0 Å². The van der Waals surface area contributed by atoms with Crippen molar-refractivity contribution in [3.05, 3.63) is 89.2 Å². The molecule has 2 heterocycles. The number of rotatable bonds is 5. The molecule has 0 spiro atoms. The Morgan fingerprint density at radius 2 is 1.64 bits per heavy atom. The van der Waals surface area contributed by atoms with Crippen LogP contribution in [0.15, 0.2) is 72.8 Å². The van der Waals surface area contributed by atoms with Gasteiger partial charge in [0.2, 0.25) is 6.79 Å². The van der Waals surface area contributed by atoms with Crippen LogP contribution in [0.3, 0.4) is 0 Å². The monoisotopic (exact) mass is 472 g/mol. The van der Waals surface area contributed by atoms with Gasteiger partial charge in [-0.1, -0.05) is 41.9 Å². The van der Waals surface area contributed by atoms with Crippen LogP contribution in [0.2, 0.25) is 5.02 Å². The van der Waals surface area contributed by atoms with E-state index in [1.807, 2.05) is 30.3 Å². The fourth-order valence-electron chi connectivity index (χ4n) is 3.47. The Kier molecular flexibility index (Phi) is 5.38. The summed E-state index contributed by atoms with van der Waals surface area (Å²) >= 11 is 6.18. The molecule has 1 aliphatic heterocycles. The first kappa shape index (κ1) is 21.2. The van der Waals surface area contributed by atoms with Crippen molar-refractivity contribution in [3.8, 4) is 34.1 Å². The van der Waals surface area contributed by atoms with E-state index in [-0.39, 0.29) is 24.1 Å². The normalized spacial score (nSPS) is 12.7. The largest absolute Gasteiger partial charge is 0.487 e. The average molecular weight is 473 g/mol. The highest BCUT2D eigenvalue weighted by Gasteiger charge is 2.35. The van der Waals surface area contributed by atoms with Gasteiger partial charge in [0.15, 0.2) is 17.2 Å². The number of hydrogen-bond acceptors (Lipinski definition) is 4. The van der Waals surface area contributed by atoms with Crippen LogP contribution in [-0.4, -0.2) is 16.6 Å². The van der Waals surface area contributed by atoms with Crippen LogP contribution in [0.25, 0.3) is 16.8 Å². The molecule has 0 N–H and O–H groups in total. The molecule has 5 rings (SSSR count). The molecule has 0 aliphatic carbocycles. The molecule has 0 unspecified atom stereocenters. The van der Waals surface area contributed by atoms with Crippen molar-refractivity contribution in [1.82, 2.24) is 9.78 Å². The summed E-state index contributed by atoms with van der Waals surface area (Å²) in [6, 6.07) is 20.4. The molecule has 1 aliphatic rings. The summed E-state index contributed by atoms with van der Waals surface area (Å²) in [5.41, 5.74) is 1.42. The second kappa shape index (κ2) is 8.37. The number of hydrogen-bond donors (Lipinski definition) is 0. The molecule has 9 heteroatoms. The Morgan fingerprint density at radius 1 is 0.909 bits per heavy atom. The topological polar surface area (TPSA) is 45.5 Å². The van der Waals surface area contributed by atoms with E-state index in [4.69, 9.17) is 25.8 Å². The number of para-hydroxylation sites is 1. The molecular formula is C24H16ClF3N2O3. The summed E-state index contributed by atoms with van der Waals surface area (Å²) in [7, 11) is 0. The standard InChI is InChI=1S/C24H16ClF3N2O3/c25-19-3-1-2-4-20(19)30-17(12-23(29-30)24(26,27)28)13-31-18-8-5-15(6-9-18)16-7-10-21-22(11-16)33-14-32-21/h1-12H,13-14H2. The summed E-state index contributed by atoms with van der Waals surface area (Å²) in [5, 5.41) is 3.99. The van der Waals surface area contributed by atoms with Crippen LogP contribution >= 0.6 is 11.6 Å². The third-order valence-electron chi connectivity index (χ3n) is 5.10. The van der Waals surface area contributed by atoms with Gasteiger partial charge in [0.1, 0.15) is 12.4 Å². The average Bonchev–Trinajstić information content (AvgIpc) is 3.45. The SMILES string of the molecule is FC(F)(F)c1cc(COc2ccc(-c3ccc4c(c3)OCO4)cc2)n(-c2ccccc2Cl)n1. The Bertz CT molecular complexity index is 1300. The lowest BCUT2D eigenvalue weighted by molar-refractivity contribution is -0.141. The van der Waals surface area contributed by atoms with Gasteiger partial charge in [0, 0.05) is 0 Å². The van der Waals surface area contributed by atoms with Gasteiger partial charge in [0.05, 0.1) is 16.4 Å². The molecule has 3 aromatic carbocycles. The maximum absolute atomic E-state index is 13.3. The lowest BCUT2D eigenvalue weighted by Gasteiger charge is -2.11. The molecule has 0 bridgehead atoms. The minimum atomic E-state index is -4.59. The van der Waals surface area contributed by atoms with Crippen LogP contribution in [0.4, 0.5) is 13.2 Å². The number of ether oxygens (including phenoxy) is 3. The number of nitrogens with zero attached hydrogens (tertiary/aromatic N) is 2. The summed E-state index contributed by atoms with van der Waals surface area (Å²) in [5.74, 6) is 1.88. The lowest BCUT2D eigenvalue weighted by Crippen LogP contribution is -2.08. The van der Waals surface area contributed by atoms with Crippen molar-refractivity contribution in [2.75, 3.05) is 6.79 Å². The fraction of sp³-hybridized carbons (Fsp3) is 0.125. The van der Waals surface area contributed by atoms with E-state index in [1.54, 1.807) is 36.4 Å². The van der Waals surface area contributed by atoms with Crippen LogP contribution in [0, 0.1) is 0 Å². The Morgan fingerprint density at radius 3 is 2.39 bits per heavy atom. The molecule has 0 fully saturated rings. The molecule has 33 heavy (non-hydrogen) atoms. The van der Waals surface area contributed by atoms with Gasteiger partial charge in [-0.15, -0.1) is 0 Å². The third-order valence-corrected chi connectivity index (χ3v) is 5.42. The van der Waals surface area contributed by atoms with Gasteiger partial charge in [-0.2, -0.15) is 18.3 Å². The van der Waals surface area contributed by atoms with Crippen molar-refractivity contribution < 1.29 is 27.4 Å². The summed E-state index contributed by atoms with van der Waals surface area (Å²) in [6.07, 6.45) is -4.59. The summed E-state index contributed by atoms with van der Waals surface area (Å²) in [6.45, 7) is 0.0735. The van der Waals surface area contributed by atoms with Gasteiger partial charge in [-0.25, -0.2) is 4.68 Å². The third kappa shape index (κ3) is 4.34. The van der Waals surface area contributed by atoms with E-state index >= 15 is 0 Å². The minimum absolute atomic E-state index is 0.127. The summed E-state index contributed by atoms with van der Waals surface area (Å²) < 4.78 is 57.5. The zero-order chi connectivity index (χ0) is 23.0. The lowest BCUT2D eigenvalue weighted by atomic mass is 10.1. The number of fused-ring (bicyclic) bond motifs is 1. The van der Waals surface area contributed by atoms with E-state index in [9.17, 15) is 13.2 Å². The first-order chi connectivity index (χ1) is 15.9. The van der Waals surface area contributed by atoms with Crippen LogP contribution < -0.4 is 14.2 Å². The first-order valence-electron chi connectivity index (χ1n) is 9.92. The molecule has 1 aromatic heterocycles. The molecule has 168 valence electrons. The second-order valence-corrected chi connectivity index (χ2v) is 7.67. The Hall–Kier alpha value is -3.65. The Labute approximate surface area is 191 Å². The quantitative estimate of drug-likeness (QED) is 0.332. The molecular weight excluding hydrogens is 457 g/mol. The highest BCUT2D eigenvalue weighted by molar-refractivity contribution is 6.32. The number of benzene rings is 3. The van der Waals surface area contributed by atoms with E-state index < -0.39 is 11.9 Å². The summed E-state index contributed by atoms with van der Waals surface area (Å²) in [4.78, 5) is 0.